The van der Waals surface area contributed by atoms with Gasteiger partial charge in [-0.25, -0.2) is 0 Å². The predicted molar refractivity (Wildman–Crippen MR) is 56.0 cm³/mol. The van der Waals surface area contributed by atoms with Gasteiger partial charge < -0.3 is 9.80 Å². The van der Waals surface area contributed by atoms with Gasteiger partial charge in [0.1, 0.15) is 0 Å². The summed E-state index contributed by atoms with van der Waals surface area (Å²) in [5.41, 5.74) is 0. The molecule has 0 bridgehead atoms. The molecule has 0 atom stereocenters. The molecule has 0 N–H and O–H groups in total. The lowest BCUT2D eigenvalue weighted by molar-refractivity contribution is -0.133. The highest BCUT2D eigenvalue weighted by Gasteiger charge is 2.28. The third-order valence-corrected chi connectivity index (χ3v) is 3.33. The second kappa shape index (κ2) is 4.30. The van der Waals surface area contributed by atoms with E-state index in [1.165, 1.54) is 12.8 Å². The monoisotopic (exact) mass is 196 g/mol. The van der Waals surface area contributed by atoms with E-state index >= 15 is 0 Å². The number of piperazine rings is 1. The Balaban J connectivity index is 1.73. The van der Waals surface area contributed by atoms with Crippen LogP contribution < -0.4 is 0 Å². The standard InChI is InChI=1S/C11H20N2O/c1-2-12-5-7-13(8-6-12)11(14)9-10-3-4-10/h10H,2-9H2,1H3. The third kappa shape index (κ3) is 2.47. The number of rotatable bonds is 3. The Morgan fingerprint density at radius 2 is 1.86 bits per heavy atom. The Morgan fingerprint density at radius 1 is 1.21 bits per heavy atom. The summed E-state index contributed by atoms with van der Waals surface area (Å²) < 4.78 is 0. The summed E-state index contributed by atoms with van der Waals surface area (Å²) >= 11 is 0. The zero-order valence-corrected chi connectivity index (χ0v) is 9.04. The highest BCUT2D eigenvalue weighted by atomic mass is 16.2. The average Bonchev–Trinajstić information content (AvgIpc) is 3.02. The van der Waals surface area contributed by atoms with Crippen molar-refractivity contribution in [3.8, 4) is 0 Å². The molecule has 1 amide bonds. The topological polar surface area (TPSA) is 23.6 Å². The van der Waals surface area contributed by atoms with E-state index in [1.54, 1.807) is 0 Å². The summed E-state index contributed by atoms with van der Waals surface area (Å²) in [6.07, 6.45) is 3.37. The molecule has 1 aliphatic heterocycles. The molecule has 1 saturated carbocycles. The Hall–Kier alpha value is -0.570. The summed E-state index contributed by atoms with van der Waals surface area (Å²) in [5.74, 6) is 1.12. The Morgan fingerprint density at radius 3 is 2.36 bits per heavy atom. The lowest BCUT2D eigenvalue weighted by Gasteiger charge is -2.34. The van der Waals surface area contributed by atoms with Crippen LogP contribution in [0.25, 0.3) is 0 Å². The second-order valence-electron chi connectivity index (χ2n) is 4.46. The number of nitrogens with zero attached hydrogens (tertiary/aromatic N) is 2. The van der Waals surface area contributed by atoms with E-state index in [4.69, 9.17) is 0 Å². The van der Waals surface area contributed by atoms with Gasteiger partial charge in [0.15, 0.2) is 0 Å². The largest absolute Gasteiger partial charge is 0.340 e. The van der Waals surface area contributed by atoms with Crippen LogP contribution in [0.5, 0.6) is 0 Å². The average molecular weight is 196 g/mol. The van der Waals surface area contributed by atoms with Gasteiger partial charge in [-0.15, -0.1) is 0 Å². The van der Waals surface area contributed by atoms with Crippen LogP contribution in [0.1, 0.15) is 26.2 Å². The molecule has 0 aromatic carbocycles. The van der Waals surface area contributed by atoms with E-state index in [-0.39, 0.29) is 0 Å². The minimum absolute atomic E-state index is 0.392. The van der Waals surface area contributed by atoms with Crippen LogP contribution in [0.3, 0.4) is 0 Å². The van der Waals surface area contributed by atoms with E-state index in [9.17, 15) is 4.79 Å². The Labute approximate surface area is 86.1 Å². The number of hydrogen-bond acceptors (Lipinski definition) is 2. The molecule has 3 heteroatoms. The Bertz CT molecular complexity index is 205. The molecule has 0 aromatic heterocycles. The van der Waals surface area contributed by atoms with E-state index in [0.717, 1.165) is 45.1 Å². The van der Waals surface area contributed by atoms with E-state index in [1.807, 2.05) is 4.90 Å². The molecule has 14 heavy (non-hydrogen) atoms. The van der Waals surface area contributed by atoms with Gasteiger partial charge in [0.05, 0.1) is 0 Å². The van der Waals surface area contributed by atoms with Crippen LogP contribution >= 0.6 is 0 Å². The van der Waals surface area contributed by atoms with Crippen LogP contribution in [0.2, 0.25) is 0 Å². The molecule has 0 unspecified atom stereocenters. The van der Waals surface area contributed by atoms with Gasteiger partial charge in [-0.2, -0.15) is 0 Å². The van der Waals surface area contributed by atoms with Crippen LogP contribution in [0.15, 0.2) is 0 Å². The van der Waals surface area contributed by atoms with Crippen molar-refractivity contribution in [1.82, 2.24) is 9.80 Å². The summed E-state index contributed by atoms with van der Waals surface area (Å²) in [6.45, 7) is 7.31. The smallest absolute Gasteiger partial charge is 0.222 e. The molecule has 2 fully saturated rings. The van der Waals surface area contributed by atoms with Gasteiger partial charge in [-0.3, -0.25) is 4.79 Å². The number of hydrogen-bond donors (Lipinski definition) is 0. The van der Waals surface area contributed by atoms with Crippen LogP contribution in [-0.4, -0.2) is 48.4 Å². The first-order valence-electron chi connectivity index (χ1n) is 5.79. The zero-order valence-electron chi connectivity index (χ0n) is 9.04. The molecular weight excluding hydrogens is 176 g/mol. The highest BCUT2D eigenvalue weighted by molar-refractivity contribution is 5.76. The normalized spacial score (nSPS) is 23.9. The maximum Gasteiger partial charge on any atom is 0.222 e. The summed E-state index contributed by atoms with van der Waals surface area (Å²) in [5, 5.41) is 0. The number of amides is 1. The molecule has 0 spiro atoms. The van der Waals surface area contributed by atoms with Gasteiger partial charge in [0.25, 0.3) is 0 Å². The molecule has 3 nitrogen and oxygen atoms in total. The second-order valence-corrected chi connectivity index (χ2v) is 4.46. The first-order chi connectivity index (χ1) is 6.79. The summed E-state index contributed by atoms with van der Waals surface area (Å²) in [4.78, 5) is 16.2. The molecule has 80 valence electrons. The van der Waals surface area contributed by atoms with Gasteiger partial charge in [-0.1, -0.05) is 6.92 Å². The molecule has 1 aliphatic carbocycles. The van der Waals surface area contributed by atoms with Crippen molar-refractivity contribution in [2.45, 2.75) is 26.2 Å². The minimum Gasteiger partial charge on any atom is -0.340 e. The van der Waals surface area contributed by atoms with Gasteiger partial charge in [-0.05, 0) is 25.3 Å². The first-order valence-corrected chi connectivity index (χ1v) is 5.79. The first kappa shape index (κ1) is 9.97. The fourth-order valence-electron chi connectivity index (χ4n) is 2.01. The maximum absolute atomic E-state index is 11.8. The molecule has 0 aromatic rings. The summed E-state index contributed by atoms with van der Waals surface area (Å²) in [7, 11) is 0. The molecular formula is C11H20N2O. The SMILES string of the molecule is CCN1CCN(C(=O)CC2CC2)CC1. The molecule has 1 heterocycles. The fourth-order valence-corrected chi connectivity index (χ4v) is 2.01. The number of carbonyl (C=O) groups is 1. The van der Waals surface area contributed by atoms with Crippen molar-refractivity contribution in [1.29, 1.82) is 0 Å². The Kier molecular flexibility index (Phi) is 3.06. The van der Waals surface area contributed by atoms with Crippen molar-refractivity contribution in [3.63, 3.8) is 0 Å². The zero-order chi connectivity index (χ0) is 9.97. The molecule has 1 saturated heterocycles. The number of likely N-dealkylation sites (N-methyl/N-ethyl adjacent to an activating group) is 1. The fraction of sp³-hybridized carbons (Fsp3) is 0.909. The van der Waals surface area contributed by atoms with E-state index < -0.39 is 0 Å². The number of carbonyl (C=O) groups excluding carboxylic acids is 1. The van der Waals surface area contributed by atoms with Gasteiger partial charge in [0, 0.05) is 32.6 Å². The molecule has 0 radical (unpaired) electrons. The van der Waals surface area contributed by atoms with Crippen LogP contribution in [-0.2, 0) is 4.79 Å². The van der Waals surface area contributed by atoms with E-state index in [2.05, 4.69) is 11.8 Å². The van der Waals surface area contributed by atoms with Crippen LogP contribution in [0.4, 0.5) is 0 Å². The van der Waals surface area contributed by atoms with Crippen molar-refractivity contribution in [3.05, 3.63) is 0 Å². The predicted octanol–water partition coefficient (Wildman–Crippen LogP) is 0.951. The highest BCUT2D eigenvalue weighted by Crippen LogP contribution is 2.32. The quantitative estimate of drug-likeness (QED) is 0.671. The van der Waals surface area contributed by atoms with E-state index in [0.29, 0.717) is 5.91 Å². The van der Waals surface area contributed by atoms with Crippen molar-refractivity contribution in [2.24, 2.45) is 5.92 Å². The molecule has 2 aliphatic rings. The van der Waals surface area contributed by atoms with Crippen LogP contribution in [0, 0.1) is 5.92 Å². The minimum atomic E-state index is 0.392. The maximum atomic E-state index is 11.8. The lowest BCUT2D eigenvalue weighted by Crippen LogP contribution is -2.48. The van der Waals surface area contributed by atoms with Gasteiger partial charge in [0.2, 0.25) is 5.91 Å². The van der Waals surface area contributed by atoms with Crippen molar-refractivity contribution >= 4 is 5.91 Å². The third-order valence-electron chi connectivity index (χ3n) is 3.33. The molecule has 2 rings (SSSR count). The summed E-state index contributed by atoms with van der Waals surface area (Å²) in [6, 6.07) is 0. The van der Waals surface area contributed by atoms with Gasteiger partial charge >= 0.3 is 0 Å². The van der Waals surface area contributed by atoms with Crippen molar-refractivity contribution < 1.29 is 4.79 Å². The van der Waals surface area contributed by atoms with Crippen molar-refractivity contribution in [2.75, 3.05) is 32.7 Å². The lowest BCUT2D eigenvalue weighted by atomic mass is 10.2.